The summed E-state index contributed by atoms with van der Waals surface area (Å²) in [5.41, 5.74) is 0.684. The van der Waals surface area contributed by atoms with Gasteiger partial charge >= 0.3 is 5.76 Å². The maximum atomic E-state index is 15.1. The van der Waals surface area contributed by atoms with Gasteiger partial charge in [0.2, 0.25) is 0 Å². The molecular formula is C20H15F2N3O3. The van der Waals surface area contributed by atoms with Gasteiger partial charge in [-0.2, -0.15) is 0 Å². The first kappa shape index (κ1) is 16.9. The Kier molecular flexibility index (Phi) is 3.54. The Balaban J connectivity index is 1.60. The van der Waals surface area contributed by atoms with Crippen LogP contribution >= 0.6 is 0 Å². The average molecular weight is 383 g/mol. The summed E-state index contributed by atoms with van der Waals surface area (Å²) in [7, 11) is 0. The third kappa shape index (κ3) is 2.49. The Hall–Kier alpha value is -3.26. The van der Waals surface area contributed by atoms with E-state index < -0.39 is 23.0 Å². The second-order valence-electron chi connectivity index (χ2n) is 7.10. The van der Waals surface area contributed by atoms with Crippen molar-refractivity contribution in [2.24, 2.45) is 0 Å². The van der Waals surface area contributed by atoms with Crippen LogP contribution in [0.25, 0.3) is 33.5 Å². The summed E-state index contributed by atoms with van der Waals surface area (Å²) >= 11 is 0. The van der Waals surface area contributed by atoms with Crippen LogP contribution in [0.1, 0.15) is 24.8 Å². The molecule has 2 aromatic carbocycles. The molecule has 0 spiro atoms. The Bertz CT molecular complexity index is 1250. The fourth-order valence-electron chi connectivity index (χ4n) is 3.69. The van der Waals surface area contributed by atoms with Crippen molar-refractivity contribution >= 4 is 10.9 Å². The minimum atomic E-state index is -0.830. The van der Waals surface area contributed by atoms with Gasteiger partial charge in [0, 0.05) is 5.39 Å². The molecule has 8 heteroatoms. The van der Waals surface area contributed by atoms with Crippen LogP contribution in [-0.2, 0) is 5.60 Å². The molecule has 142 valence electrons. The Labute approximate surface area is 156 Å². The molecule has 3 N–H and O–H groups in total. The van der Waals surface area contributed by atoms with E-state index in [1.165, 1.54) is 12.1 Å². The van der Waals surface area contributed by atoms with E-state index in [-0.39, 0.29) is 22.3 Å². The van der Waals surface area contributed by atoms with Crippen molar-refractivity contribution in [1.29, 1.82) is 0 Å². The second kappa shape index (κ2) is 5.87. The lowest BCUT2D eigenvalue weighted by atomic mass is 9.75. The third-order valence-corrected chi connectivity index (χ3v) is 5.40. The van der Waals surface area contributed by atoms with Gasteiger partial charge in [-0.25, -0.2) is 13.6 Å². The first-order valence-electron chi connectivity index (χ1n) is 8.85. The van der Waals surface area contributed by atoms with Crippen LogP contribution < -0.4 is 5.76 Å². The highest BCUT2D eigenvalue weighted by Gasteiger charge is 2.36. The summed E-state index contributed by atoms with van der Waals surface area (Å²) in [6.07, 6.45) is 2.35. The summed E-state index contributed by atoms with van der Waals surface area (Å²) in [6, 6.07) is 9.28. The molecule has 1 aliphatic carbocycles. The van der Waals surface area contributed by atoms with Gasteiger partial charge in [-0.05, 0) is 42.5 Å². The Morgan fingerprint density at radius 1 is 1.11 bits per heavy atom. The van der Waals surface area contributed by atoms with Gasteiger partial charge < -0.3 is 10.1 Å². The normalized spacial score (nSPS) is 15.7. The number of nitrogens with zero attached hydrogens (tertiary/aromatic N) is 1. The standard InChI is InChI=1S/C20H15F2N3O3/c21-13-9-14-12(8-15(23-14)18-24-19(26)28-25-18)17(22)16(13)10-2-4-11(5-3-10)20(27)6-1-7-20/h2-5,8-9,23,27H,1,6-7H2,(H,24,25,26). The highest BCUT2D eigenvalue weighted by molar-refractivity contribution is 5.90. The van der Waals surface area contributed by atoms with Crippen LogP contribution in [0.3, 0.4) is 0 Å². The number of fused-ring (bicyclic) bond motifs is 1. The van der Waals surface area contributed by atoms with E-state index in [1.54, 1.807) is 24.3 Å². The van der Waals surface area contributed by atoms with Gasteiger partial charge in [0.05, 0.1) is 22.4 Å². The van der Waals surface area contributed by atoms with Crippen molar-refractivity contribution in [1.82, 2.24) is 15.1 Å². The lowest BCUT2D eigenvalue weighted by Gasteiger charge is -2.37. The number of halogens is 2. The van der Waals surface area contributed by atoms with Crippen molar-refractivity contribution in [3.63, 3.8) is 0 Å². The van der Waals surface area contributed by atoms with Crippen LogP contribution in [0, 0.1) is 11.6 Å². The zero-order valence-electron chi connectivity index (χ0n) is 14.6. The smallest absolute Gasteiger partial charge is 0.385 e. The largest absolute Gasteiger partial charge is 0.439 e. The van der Waals surface area contributed by atoms with Gasteiger partial charge in [-0.1, -0.05) is 29.4 Å². The Morgan fingerprint density at radius 3 is 2.46 bits per heavy atom. The summed E-state index contributed by atoms with van der Waals surface area (Å²) in [6.45, 7) is 0. The molecule has 0 unspecified atom stereocenters. The first-order chi connectivity index (χ1) is 13.4. The van der Waals surface area contributed by atoms with Crippen molar-refractivity contribution in [3.8, 4) is 22.6 Å². The predicted molar refractivity (Wildman–Crippen MR) is 97.5 cm³/mol. The molecular weight excluding hydrogens is 368 g/mol. The van der Waals surface area contributed by atoms with Crippen LogP contribution in [-0.4, -0.2) is 20.2 Å². The highest BCUT2D eigenvalue weighted by atomic mass is 19.1. The number of aromatic amines is 2. The number of hydrogen-bond donors (Lipinski definition) is 3. The summed E-state index contributed by atoms with van der Waals surface area (Å²) in [5, 5.41) is 14.1. The fraction of sp³-hybridized carbons (Fsp3) is 0.200. The number of rotatable bonds is 3. The number of aromatic nitrogens is 3. The number of benzene rings is 2. The molecule has 0 aliphatic heterocycles. The molecule has 28 heavy (non-hydrogen) atoms. The van der Waals surface area contributed by atoms with E-state index in [0.29, 0.717) is 24.1 Å². The van der Waals surface area contributed by atoms with E-state index in [2.05, 4.69) is 19.6 Å². The molecule has 0 amide bonds. The van der Waals surface area contributed by atoms with Crippen LogP contribution in [0.2, 0.25) is 0 Å². The van der Waals surface area contributed by atoms with Gasteiger partial charge in [0.15, 0.2) is 5.82 Å². The number of nitrogens with one attached hydrogen (secondary N) is 2. The number of hydrogen-bond acceptors (Lipinski definition) is 4. The molecule has 5 rings (SSSR count). The quantitative estimate of drug-likeness (QED) is 0.501. The third-order valence-electron chi connectivity index (χ3n) is 5.40. The molecule has 4 aromatic rings. The van der Waals surface area contributed by atoms with Gasteiger partial charge in [-0.3, -0.25) is 9.51 Å². The molecule has 1 fully saturated rings. The van der Waals surface area contributed by atoms with Crippen molar-refractivity contribution in [3.05, 3.63) is 64.1 Å². The highest BCUT2D eigenvalue weighted by Crippen LogP contribution is 2.42. The van der Waals surface area contributed by atoms with Crippen molar-refractivity contribution in [2.75, 3.05) is 0 Å². The summed E-state index contributed by atoms with van der Waals surface area (Å²) in [5.74, 6) is -2.09. The molecule has 1 aliphatic rings. The zero-order valence-corrected chi connectivity index (χ0v) is 14.6. The van der Waals surface area contributed by atoms with E-state index in [9.17, 15) is 14.3 Å². The molecule has 2 aromatic heterocycles. The molecule has 0 bridgehead atoms. The van der Waals surface area contributed by atoms with E-state index >= 15 is 4.39 Å². The van der Waals surface area contributed by atoms with Crippen molar-refractivity contribution in [2.45, 2.75) is 24.9 Å². The van der Waals surface area contributed by atoms with Crippen LogP contribution in [0.4, 0.5) is 8.78 Å². The zero-order chi connectivity index (χ0) is 19.5. The molecule has 1 saturated carbocycles. The lowest BCUT2D eigenvalue weighted by Crippen LogP contribution is -2.33. The molecule has 2 heterocycles. The molecule has 0 atom stereocenters. The SMILES string of the molecule is O=c1[nH]c(-c2cc3c(F)c(-c4ccc(C5(O)CCC5)cc4)c(F)cc3[nH]2)no1. The van der Waals surface area contributed by atoms with Gasteiger partial charge in [0.1, 0.15) is 11.6 Å². The Morgan fingerprint density at radius 2 is 1.86 bits per heavy atom. The molecule has 0 saturated heterocycles. The molecule has 6 nitrogen and oxygen atoms in total. The van der Waals surface area contributed by atoms with E-state index in [1.807, 2.05) is 0 Å². The predicted octanol–water partition coefficient (Wildman–Crippen LogP) is 3.83. The maximum Gasteiger partial charge on any atom is 0.439 e. The molecule has 0 radical (unpaired) electrons. The summed E-state index contributed by atoms with van der Waals surface area (Å²) < 4.78 is 34.3. The maximum absolute atomic E-state index is 15.1. The minimum Gasteiger partial charge on any atom is -0.385 e. The topological polar surface area (TPSA) is 94.9 Å². The van der Waals surface area contributed by atoms with Gasteiger partial charge in [-0.15, -0.1) is 0 Å². The van der Waals surface area contributed by atoms with Gasteiger partial charge in [0.25, 0.3) is 0 Å². The summed E-state index contributed by atoms with van der Waals surface area (Å²) in [4.78, 5) is 16.3. The van der Waals surface area contributed by atoms with Crippen molar-refractivity contribution < 1.29 is 18.4 Å². The van der Waals surface area contributed by atoms with E-state index in [0.717, 1.165) is 12.0 Å². The average Bonchev–Trinajstić information content (AvgIpc) is 3.26. The van der Waals surface area contributed by atoms with Crippen LogP contribution in [0.15, 0.2) is 45.7 Å². The van der Waals surface area contributed by atoms with E-state index in [4.69, 9.17) is 0 Å². The second-order valence-corrected chi connectivity index (χ2v) is 7.10. The fourth-order valence-corrected chi connectivity index (χ4v) is 3.69. The monoisotopic (exact) mass is 383 g/mol. The number of aliphatic hydroxyl groups is 1. The van der Waals surface area contributed by atoms with Crippen LogP contribution in [0.5, 0.6) is 0 Å². The lowest BCUT2D eigenvalue weighted by molar-refractivity contribution is -0.0387. The first-order valence-corrected chi connectivity index (χ1v) is 8.85. The minimum absolute atomic E-state index is 0.0978. The number of H-pyrrole nitrogens is 2.